The van der Waals surface area contributed by atoms with Crippen LogP contribution in [0.3, 0.4) is 0 Å². The van der Waals surface area contributed by atoms with E-state index in [2.05, 4.69) is 63.8 Å². The van der Waals surface area contributed by atoms with Crippen molar-refractivity contribution in [3.8, 4) is 16.9 Å². The van der Waals surface area contributed by atoms with E-state index in [0.29, 0.717) is 6.61 Å². The van der Waals surface area contributed by atoms with Crippen LogP contribution in [0.4, 0.5) is 11.4 Å². The Hall–Kier alpha value is -3.86. The SMILES string of the molecule is C[n+]1ccc(-c2cc[n+](CCOc3ccc(N=Nc4ccccc4)cc3)cc2)cc1. The van der Waals surface area contributed by atoms with Crippen molar-refractivity contribution in [2.75, 3.05) is 6.61 Å². The number of hydrogen-bond acceptors (Lipinski definition) is 3. The highest BCUT2D eigenvalue weighted by molar-refractivity contribution is 5.60. The normalized spacial score (nSPS) is 11.0. The lowest BCUT2D eigenvalue weighted by Gasteiger charge is -2.05. The van der Waals surface area contributed by atoms with Crippen LogP contribution >= 0.6 is 0 Å². The molecule has 0 atom stereocenters. The van der Waals surface area contributed by atoms with Crippen LogP contribution in [0.5, 0.6) is 5.75 Å². The molecule has 0 saturated carbocycles. The van der Waals surface area contributed by atoms with Crippen LogP contribution < -0.4 is 13.9 Å². The van der Waals surface area contributed by atoms with Gasteiger partial charge < -0.3 is 4.74 Å². The van der Waals surface area contributed by atoms with Gasteiger partial charge >= 0.3 is 0 Å². The molecule has 0 aliphatic heterocycles. The first kappa shape index (κ1) is 19.5. The molecule has 0 amide bonds. The minimum atomic E-state index is 0.593. The molecule has 30 heavy (non-hydrogen) atoms. The molecule has 0 fully saturated rings. The molecule has 0 unspecified atom stereocenters. The molecule has 5 heteroatoms. The van der Waals surface area contributed by atoms with E-state index < -0.39 is 0 Å². The summed E-state index contributed by atoms with van der Waals surface area (Å²) >= 11 is 0. The highest BCUT2D eigenvalue weighted by atomic mass is 16.5. The Labute approximate surface area is 176 Å². The van der Waals surface area contributed by atoms with Crippen molar-refractivity contribution in [3.05, 3.63) is 104 Å². The molecule has 4 rings (SSSR count). The molecular weight excluding hydrogens is 372 g/mol. The van der Waals surface area contributed by atoms with Crippen molar-refractivity contribution in [2.45, 2.75) is 6.54 Å². The van der Waals surface area contributed by atoms with Crippen LogP contribution in [0, 0.1) is 0 Å². The Morgan fingerprint density at radius 3 is 1.87 bits per heavy atom. The van der Waals surface area contributed by atoms with Gasteiger partial charge in [-0.2, -0.15) is 10.2 Å². The van der Waals surface area contributed by atoms with Crippen LogP contribution in [0.15, 0.2) is 114 Å². The number of aryl methyl sites for hydroxylation is 1. The first-order valence-corrected chi connectivity index (χ1v) is 9.91. The summed E-state index contributed by atoms with van der Waals surface area (Å²) in [4.78, 5) is 0. The maximum atomic E-state index is 5.86. The second-order valence-electron chi connectivity index (χ2n) is 6.95. The molecule has 0 radical (unpaired) electrons. The number of aromatic nitrogens is 2. The number of benzene rings is 2. The van der Waals surface area contributed by atoms with Crippen molar-refractivity contribution in [1.29, 1.82) is 0 Å². The standard InChI is InChI=1S/C25H24N4O/c1-28-15-11-21(12-16-28)22-13-17-29(18-14-22)19-20-30-25-9-7-24(8-10-25)27-26-23-5-3-2-4-6-23/h2-18H,19-20H2,1H3/q+2. The summed E-state index contributed by atoms with van der Waals surface area (Å²) in [5.41, 5.74) is 4.04. The number of azo groups is 1. The van der Waals surface area contributed by atoms with Gasteiger partial charge in [0.05, 0.1) is 11.4 Å². The maximum Gasteiger partial charge on any atom is 0.182 e. The Balaban J connectivity index is 1.28. The third-order valence-electron chi connectivity index (χ3n) is 4.70. The van der Waals surface area contributed by atoms with Crippen LogP contribution in [-0.2, 0) is 13.6 Å². The number of ether oxygens (including phenoxy) is 1. The number of nitrogens with zero attached hydrogens (tertiary/aromatic N) is 4. The fraction of sp³-hybridized carbons (Fsp3) is 0.120. The molecule has 0 bridgehead atoms. The first-order chi connectivity index (χ1) is 14.8. The molecule has 0 saturated heterocycles. The lowest BCUT2D eigenvalue weighted by molar-refractivity contribution is -0.697. The Bertz CT molecular complexity index is 1090. The summed E-state index contributed by atoms with van der Waals surface area (Å²) in [7, 11) is 2.02. The summed E-state index contributed by atoms with van der Waals surface area (Å²) in [6.45, 7) is 1.37. The molecule has 2 heterocycles. The van der Waals surface area contributed by atoms with Gasteiger partial charge in [-0.05, 0) is 47.5 Å². The fourth-order valence-electron chi connectivity index (χ4n) is 2.98. The molecule has 148 valence electrons. The van der Waals surface area contributed by atoms with E-state index in [0.717, 1.165) is 23.7 Å². The minimum absolute atomic E-state index is 0.593. The van der Waals surface area contributed by atoms with E-state index in [-0.39, 0.29) is 0 Å². The highest BCUT2D eigenvalue weighted by Crippen LogP contribution is 2.21. The van der Waals surface area contributed by atoms with E-state index >= 15 is 0 Å². The summed E-state index contributed by atoms with van der Waals surface area (Å²) in [5.74, 6) is 0.822. The molecule has 0 aliphatic carbocycles. The van der Waals surface area contributed by atoms with Crippen molar-refractivity contribution < 1.29 is 13.9 Å². The third kappa shape index (κ3) is 5.35. The summed E-state index contributed by atoms with van der Waals surface area (Å²) < 4.78 is 10.0. The lowest BCUT2D eigenvalue weighted by atomic mass is 10.1. The zero-order valence-corrected chi connectivity index (χ0v) is 16.9. The quantitative estimate of drug-likeness (QED) is 0.322. The number of rotatable bonds is 7. The first-order valence-electron chi connectivity index (χ1n) is 9.91. The Morgan fingerprint density at radius 2 is 1.23 bits per heavy atom. The zero-order chi connectivity index (χ0) is 20.6. The van der Waals surface area contributed by atoms with Crippen molar-refractivity contribution >= 4 is 11.4 Å². The van der Waals surface area contributed by atoms with Crippen LogP contribution in [0.2, 0.25) is 0 Å². The molecule has 0 N–H and O–H groups in total. The van der Waals surface area contributed by atoms with E-state index in [4.69, 9.17) is 4.74 Å². The molecule has 0 aliphatic rings. The lowest BCUT2D eigenvalue weighted by Crippen LogP contribution is -2.35. The molecule has 4 aromatic rings. The average Bonchev–Trinajstić information content (AvgIpc) is 2.80. The monoisotopic (exact) mass is 396 g/mol. The highest BCUT2D eigenvalue weighted by Gasteiger charge is 2.05. The smallest absolute Gasteiger partial charge is 0.182 e. The molecule has 2 aromatic heterocycles. The van der Waals surface area contributed by atoms with Gasteiger partial charge in [0.15, 0.2) is 31.3 Å². The topological polar surface area (TPSA) is 41.7 Å². The fourth-order valence-corrected chi connectivity index (χ4v) is 2.98. The van der Waals surface area contributed by atoms with Crippen molar-refractivity contribution in [2.24, 2.45) is 17.3 Å². The number of hydrogen-bond donors (Lipinski definition) is 0. The summed E-state index contributed by atoms with van der Waals surface area (Å²) in [5, 5.41) is 8.47. The van der Waals surface area contributed by atoms with E-state index in [9.17, 15) is 0 Å². The van der Waals surface area contributed by atoms with Gasteiger partial charge in [-0.1, -0.05) is 18.2 Å². The van der Waals surface area contributed by atoms with Gasteiger partial charge in [0.2, 0.25) is 0 Å². The van der Waals surface area contributed by atoms with Gasteiger partial charge in [-0.25, -0.2) is 9.13 Å². The van der Waals surface area contributed by atoms with E-state index in [1.54, 1.807) is 0 Å². The van der Waals surface area contributed by atoms with Crippen molar-refractivity contribution in [3.63, 3.8) is 0 Å². The van der Waals surface area contributed by atoms with Gasteiger partial charge in [0.1, 0.15) is 19.4 Å². The average molecular weight is 396 g/mol. The molecular formula is C25H24N4O+2. The zero-order valence-electron chi connectivity index (χ0n) is 16.9. The van der Waals surface area contributed by atoms with Crippen molar-refractivity contribution in [1.82, 2.24) is 0 Å². The van der Waals surface area contributed by atoms with Crippen LogP contribution in [-0.4, -0.2) is 6.61 Å². The predicted molar refractivity (Wildman–Crippen MR) is 116 cm³/mol. The van der Waals surface area contributed by atoms with E-state index in [1.807, 2.05) is 66.2 Å². The van der Waals surface area contributed by atoms with Gasteiger partial charge in [0, 0.05) is 24.3 Å². The van der Waals surface area contributed by atoms with Crippen LogP contribution in [0.25, 0.3) is 11.1 Å². The molecule has 2 aromatic carbocycles. The Kier molecular flexibility index (Phi) is 6.20. The number of pyridine rings is 2. The third-order valence-corrected chi connectivity index (χ3v) is 4.70. The predicted octanol–water partition coefficient (Wildman–Crippen LogP) is 4.96. The van der Waals surface area contributed by atoms with Crippen LogP contribution in [0.1, 0.15) is 0 Å². The molecule has 0 spiro atoms. The minimum Gasteiger partial charge on any atom is -0.487 e. The molecule has 5 nitrogen and oxygen atoms in total. The maximum absolute atomic E-state index is 5.86. The second-order valence-corrected chi connectivity index (χ2v) is 6.95. The summed E-state index contributed by atoms with van der Waals surface area (Å²) in [6.07, 6.45) is 8.27. The Morgan fingerprint density at radius 1 is 0.667 bits per heavy atom. The van der Waals surface area contributed by atoms with E-state index in [1.165, 1.54) is 11.1 Å². The van der Waals surface area contributed by atoms with Gasteiger partial charge in [-0.15, -0.1) is 0 Å². The van der Waals surface area contributed by atoms with Gasteiger partial charge in [0.25, 0.3) is 0 Å². The largest absolute Gasteiger partial charge is 0.487 e. The second kappa shape index (κ2) is 9.56. The summed E-state index contributed by atoms with van der Waals surface area (Å²) in [6, 6.07) is 25.8. The van der Waals surface area contributed by atoms with Gasteiger partial charge in [-0.3, -0.25) is 0 Å².